The number of methoxy groups -OCH3 is 1. The van der Waals surface area contributed by atoms with Crippen LogP contribution in [-0.4, -0.2) is 29.4 Å². The molecule has 6 nitrogen and oxygen atoms in total. The van der Waals surface area contributed by atoms with Crippen LogP contribution in [0.5, 0.6) is 0 Å². The van der Waals surface area contributed by atoms with Crippen molar-refractivity contribution in [3.05, 3.63) is 82.7 Å². The first kappa shape index (κ1) is 21.6. The monoisotopic (exact) mass is 405 g/mol. The molecule has 0 radical (unpaired) electrons. The molecular weight excluding hydrogens is 374 g/mol. The van der Waals surface area contributed by atoms with Gasteiger partial charge in [-0.15, -0.1) is 0 Å². The number of aromatic nitrogens is 2. The lowest BCUT2D eigenvalue weighted by molar-refractivity contribution is 0.185. The fourth-order valence-electron chi connectivity index (χ4n) is 3.42. The molecule has 0 bridgehead atoms. The lowest BCUT2D eigenvalue weighted by atomic mass is 10.1. The van der Waals surface area contributed by atoms with E-state index in [0.717, 1.165) is 46.3 Å². The summed E-state index contributed by atoms with van der Waals surface area (Å²) >= 11 is 0. The maximum absolute atomic E-state index is 5.22. The average Bonchev–Trinajstić information content (AvgIpc) is 3.08. The van der Waals surface area contributed by atoms with Crippen LogP contribution in [-0.2, 0) is 24.4 Å². The van der Waals surface area contributed by atoms with Crippen molar-refractivity contribution in [3.63, 3.8) is 0 Å². The van der Waals surface area contributed by atoms with Gasteiger partial charge in [0.1, 0.15) is 0 Å². The highest BCUT2D eigenvalue weighted by atomic mass is 16.5. The maximum atomic E-state index is 5.22. The van der Waals surface area contributed by atoms with Crippen LogP contribution in [0.3, 0.4) is 0 Å². The molecule has 0 amide bonds. The zero-order valence-electron chi connectivity index (χ0n) is 18.3. The predicted molar refractivity (Wildman–Crippen MR) is 122 cm³/mol. The fourth-order valence-corrected chi connectivity index (χ4v) is 3.42. The summed E-state index contributed by atoms with van der Waals surface area (Å²) in [5, 5.41) is 11.4. The Morgan fingerprint density at radius 3 is 2.57 bits per heavy atom. The van der Waals surface area contributed by atoms with Crippen molar-refractivity contribution in [2.24, 2.45) is 4.99 Å². The maximum Gasteiger partial charge on any atom is 0.191 e. The van der Waals surface area contributed by atoms with Crippen LogP contribution in [0, 0.1) is 13.8 Å². The molecule has 3 aromatic rings. The highest BCUT2D eigenvalue weighted by Gasteiger charge is 2.09. The number of benzene rings is 2. The molecule has 30 heavy (non-hydrogen) atoms. The van der Waals surface area contributed by atoms with Gasteiger partial charge >= 0.3 is 0 Å². The van der Waals surface area contributed by atoms with Crippen LogP contribution in [0.1, 0.15) is 35.0 Å². The van der Waals surface area contributed by atoms with E-state index in [9.17, 15) is 0 Å². The zero-order valence-corrected chi connectivity index (χ0v) is 18.3. The Kier molecular flexibility index (Phi) is 7.63. The van der Waals surface area contributed by atoms with E-state index in [1.54, 1.807) is 7.11 Å². The number of nitrogens with zero attached hydrogens (tertiary/aromatic N) is 3. The summed E-state index contributed by atoms with van der Waals surface area (Å²) < 4.78 is 7.22. The SMILES string of the molecule is CCNC(=NCc1cccc(COC)c1)NCc1ccccc1-n1nc(C)cc1C. The Hall–Kier alpha value is -3.12. The Morgan fingerprint density at radius 2 is 1.83 bits per heavy atom. The molecule has 2 aromatic carbocycles. The third kappa shape index (κ3) is 5.70. The molecule has 0 saturated heterocycles. The molecule has 0 fully saturated rings. The first-order valence-corrected chi connectivity index (χ1v) is 10.3. The van der Waals surface area contributed by atoms with Gasteiger partial charge in [0.05, 0.1) is 24.5 Å². The molecule has 0 atom stereocenters. The van der Waals surface area contributed by atoms with Crippen LogP contribution in [0.15, 0.2) is 59.6 Å². The van der Waals surface area contributed by atoms with Crippen LogP contribution >= 0.6 is 0 Å². The topological polar surface area (TPSA) is 63.5 Å². The zero-order chi connectivity index (χ0) is 21.3. The summed E-state index contributed by atoms with van der Waals surface area (Å²) in [6.07, 6.45) is 0. The number of para-hydroxylation sites is 1. The number of guanidine groups is 1. The van der Waals surface area contributed by atoms with Crippen molar-refractivity contribution < 1.29 is 4.74 Å². The molecule has 0 spiro atoms. The summed E-state index contributed by atoms with van der Waals surface area (Å²) in [6, 6.07) is 18.7. The summed E-state index contributed by atoms with van der Waals surface area (Å²) in [5.41, 5.74) is 6.69. The first-order chi connectivity index (χ1) is 14.6. The number of ether oxygens (including phenoxy) is 1. The Bertz CT molecular complexity index is 993. The second-order valence-corrected chi connectivity index (χ2v) is 7.27. The van der Waals surface area contributed by atoms with Crippen molar-refractivity contribution in [2.45, 2.75) is 40.5 Å². The summed E-state index contributed by atoms with van der Waals surface area (Å²) in [4.78, 5) is 4.76. The van der Waals surface area contributed by atoms with Gasteiger partial charge < -0.3 is 15.4 Å². The lowest BCUT2D eigenvalue weighted by Crippen LogP contribution is -2.37. The van der Waals surface area contributed by atoms with Crippen LogP contribution < -0.4 is 10.6 Å². The third-order valence-corrected chi connectivity index (χ3v) is 4.74. The largest absolute Gasteiger partial charge is 0.380 e. The van der Waals surface area contributed by atoms with Crippen LogP contribution in [0.4, 0.5) is 0 Å². The summed E-state index contributed by atoms with van der Waals surface area (Å²) in [5.74, 6) is 0.790. The number of hydrogen-bond donors (Lipinski definition) is 2. The van der Waals surface area contributed by atoms with E-state index in [4.69, 9.17) is 9.73 Å². The molecule has 3 rings (SSSR count). The number of hydrogen-bond acceptors (Lipinski definition) is 3. The van der Waals surface area contributed by atoms with Gasteiger partial charge in [-0.3, -0.25) is 0 Å². The molecule has 0 unspecified atom stereocenters. The average molecular weight is 406 g/mol. The molecule has 2 N–H and O–H groups in total. The van der Waals surface area contributed by atoms with Crippen molar-refractivity contribution in [3.8, 4) is 5.69 Å². The molecule has 1 heterocycles. The Balaban J connectivity index is 1.73. The number of nitrogens with one attached hydrogen (secondary N) is 2. The van der Waals surface area contributed by atoms with Gasteiger partial charge in [-0.25, -0.2) is 9.67 Å². The van der Waals surface area contributed by atoms with Gasteiger partial charge in [-0.1, -0.05) is 42.5 Å². The van der Waals surface area contributed by atoms with E-state index in [2.05, 4.69) is 72.0 Å². The standard InChI is InChI=1S/C24H31N5O/c1-5-25-24(26-15-20-9-8-10-21(14-20)17-30-4)27-16-22-11-6-7-12-23(22)29-19(3)13-18(2)28-29/h6-14H,5,15-17H2,1-4H3,(H2,25,26,27). The molecule has 0 saturated carbocycles. The molecule has 0 aliphatic rings. The van der Waals surface area contributed by atoms with E-state index in [1.165, 1.54) is 0 Å². The molecule has 0 aliphatic carbocycles. The van der Waals surface area contributed by atoms with Crippen molar-refractivity contribution >= 4 is 5.96 Å². The summed E-state index contributed by atoms with van der Waals surface area (Å²) in [7, 11) is 1.71. The second-order valence-electron chi connectivity index (χ2n) is 7.27. The quantitative estimate of drug-likeness (QED) is 0.441. The highest BCUT2D eigenvalue weighted by molar-refractivity contribution is 5.79. The predicted octanol–water partition coefficient (Wildman–Crippen LogP) is 3.89. The van der Waals surface area contributed by atoms with E-state index in [1.807, 2.05) is 23.7 Å². The first-order valence-electron chi connectivity index (χ1n) is 10.3. The number of aliphatic imine (C=N–C) groups is 1. The summed E-state index contributed by atoms with van der Waals surface area (Å²) in [6.45, 7) is 8.83. The minimum Gasteiger partial charge on any atom is -0.380 e. The molecule has 0 aliphatic heterocycles. The van der Waals surface area contributed by atoms with E-state index < -0.39 is 0 Å². The fraction of sp³-hybridized carbons (Fsp3) is 0.333. The minimum atomic E-state index is 0.603. The Labute approximate surface area is 179 Å². The van der Waals surface area contributed by atoms with Crippen LogP contribution in [0.2, 0.25) is 0 Å². The van der Waals surface area contributed by atoms with Crippen molar-refractivity contribution in [1.82, 2.24) is 20.4 Å². The van der Waals surface area contributed by atoms with Crippen molar-refractivity contribution in [1.29, 1.82) is 0 Å². The number of aryl methyl sites for hydroxylation is 2. The van der Waals surface area contributed by atoms with Crippen molar-refractivity contribution in [2.75, 3.05) is 13.7 Å². The van der Waals surface area contributed by atoms with Gasteiger partial charge in [-0.05, 0) is 49.6 Å². The highest BCUT2D eigenvalue weighted by Crippen LogP contribution is 2.17. The van der Waals surface area contributed by atoms with Crippen LogP contribution in [0.25, 0.3) is 5.69 Å². The molecule has 6 heteroatoms. The van der Waals surface area contributed by atoms with E-state index >= 15 is 0 Å². The normalized spacial score (nSPS) is 11.5. The lowest BCUT2D eigenvalue weighted by Gasteiger charge is -2.15. The van der Waals surface area contributed by atoms with Gasteiger partial charge in [0.2, 0.25) is 0 Å². The van der Waals surface area contributed by atoms with Gasteiger partial charge in [0, 0.05) is 25.9 Å². The minimum absolute atomic E-state index is 0.603. The smallest absolute Gasteiger partial charge is 0.191 e. The van der Waals surface area contributed by atoms with Gasteiger partial charge in [0.25, 0.3) is 0 Å². The Morgan fingerprint density at radius 1 is 1.03 bits per heavy atom. The van der Waals surface area contributed by atoms with E-state index in [-0.39, 0.29) is 0 Å². The number of rotatable bonds is 8. The molecular formula is C24H31N5O. The molecule has 158 valence electrons. The van der Waals surface area contributed by atoms with Gasteiger partial charge in [-0.2, -0.15) is 5.10 Å². The molecule has 1 aromatic heterocycles. The second kappa shape index (κ2) is 10.6. The third-order valence-electron chi connectivity index (χ3n) is 4.74. The van der Waals surface area contributed by atoms with Gasteiger partial charge in [0.15, 0.2) is 5.96 Å². The van der Waals surface area contributed by atoms with E-state index in [0.29, 0.717) is 19.7 Å².